The Morgan fingerprint density at radius 1 is 1.35 bits per heavy atom. The number of aromatic nitrogens is 2. The Bertz CT molecular complexity index is 488. The molecule has 20 heavy (non-hydrogen) atoms. The average Bonchev–Trinajstić information content (AvgIpc) is 2.97. The second-order valence-corrected chi connectivity index (χ2v) is 6.36. The molecule has 5 heteroatoms. The molecule has 0 aromatic carbocycles. The van der Waals surface area contributed by atoms with Crippen molar-refractivity contribution in [1.82, 2.24) is 19.4 Å². The van der Waals surface area contributed by atoms with Crippen molar-refractivity contribution in [3.8, 4) is 0 Å². The Morgan fingerprint density at radius 2 is 2.10 bits per heavy atom. The molecule has 1 aromatic heterocycles. The van der Waals surface area contributed by atoms with E-state index in [1.165, 1.54) is 5.69 Å². The summed E-state index contributed by atoms with van der Waals surface area (Å²) in [6.45, 7) is 7.07. The van der Waals surface area contributed by atoms with Crippen molar-refractivity contribution in [2.75, 3.05) is 26.2 Å². The number of carbonyl (C=O) groups is 1. The van der Waals surface area contributed by atoms with E-state index in [-0.39, 0.29) is 5.41 Å². The van der Waals surface area contributed by atoms with Crippen molar-refractivity contribution >= 4 is 5.91 Å². The van der Waals surface area contributed by atoms with Gasteiger partial charge in [-0.3, -0.25) is 9.69 Å². The molecule has 0 N–H and O–H groups in total. The van der Waals surface area contributed by atoms with E-state index < -0.39 is 0 Å². The first-order valence-electron chi connectivity index (χ1n) is 7.57. The highest BCUT2D eigenvalue weighted by Crippen LogP contribution is 2.41. The smallest absolute Gasteiger partial charge is 0.223 e. The third kappa shape index (κ3) is 2.46. The predicted molar refractivity (Wildman–Crippen MR) is 77.0 cm³/mol. The lowest BCUT2D eigenvalue weighted by Gasteiger charge is -2.38. The summed E-state index contributed by atoms with van der Waals surface area (Å²) in [7, 11) is 2.04. The van der Waals surface area contributed by atoms with E-state index in [1.54, 1.807) is 0 Å². The normalized spacial score (nSPS) is 22.9. The Morgan fingerprint density at radius 3 is 2.65 bits per heavy atom. The molecule has 2 aliphatic heterocycles. The number of imidazole rings is 1. The zero-order valence-electron chi connectivity index (χ0n) is 12.5. The number of amides is 1. The van der Waals surface area contributed by atoms with Crippen molar-refractivity contribution in [3.05, 3.63) is 18.2 Å². The minimum atomic E-state index is 0.260. The Labute approximate surface area is 120 Å². The van der Waals surface area contributed by atoms with Gasteiger partial charge >= 0.3 is 0 Å². The maximum absolute atomic E-state index is 12.0. The first-order chi connectivity index (χ1) is 9.62. The van der Waals surface area contributed by atoms with Crippen LogP contribution in [0.25, 0.3) is 0 Å². The molecule has 0 bridgehead atoms. The molecule has 3 heterocycles. The van der Waals surface area contributed by atoms with Crippen LogP contribution < -0.4 is 0 Å². The molecule has 110 valence electrons. The molecular weight excluding hydrogens is 252 g/mol. The highest BCUT2D eigenvalue weighted by Gasteiger charge is 2.44. The van der Waals surface area contributed by atoms with Crippen LogP contribution in [0.3, 0.4) is 0 Å². The zero-order chi connectivity index (χ0) is 14.2. The molecule has 2 aliphatic rings. The van der Waals surface area contributed by atoms with Crippen molar-refractivity contribution in [3.63, 3.8) is 0 Å². The van der Waals surface area contributed by atoms with Gasteiger partial charge in [-0.05, 0) is 38.3 Å². The third-order valence-corrected chi connectivity index (χ3v) is 5.01. The Kier molecular flexibility index (Phi) is 3.54. The second kappa shape index (κ2) is 5.20. The summed E-state index contributed by atoms with van der Waals surface area (Å²) < 4.78 is 2.09. The maximum atomic E-state index is 12.0. The predicted octanol–water partition coefficient (Wildman–Crippen LogP) is 1.25. The van der Waals surface area contributed by atoms with Gasteiger partial charge < -0.3 is 9.47 Å². The van der Waals surface area contributed by atoms with Crippen LogP contribution in [0.5, 0.6) is 0 Å². The molecule has 1 aromatic rings. The summed E-state index contributed by atoms with van der Waals surface area (Å²) in [6.07, 6.45) is 6.86. The monoisotopic (exact) mass is 276 g/mol. The van der Waals surface area contributed by atoms with Crippen LogP contribution in [0.1, 0.15) is 31.9 Å². The van der Waals surface area contributed by atoms with E-state index >= 15 is 0 Å². The first-order valence-corrected chi connectivity index (χ1v) is 7.57. The largest absolute Gasteiger partial charge is 0.342 e. The van der Waals surface area contributed by atoms with Crippen LogP contribution in [0, 0.1) is 5.41 Å². The number of carbonyl (C=O) groups excluding carboxylic acids is 1. The molecule has 0 unspecified atom stereocenters. The summed E-state index contributed by atoms with van der Waals surface area (Å²) >= 11 is 0. The average molecular weight is 276 g/mol. The second-order valence-electron chi connectivity index (χ2n) is 6.36. The van der Waals surface area contributed by atoms with E-state index in [0.29, 0.717) is 5.91 Å². The topological polar surface area (TPSA) is 41.4 Å². The number of aryl methyl sites for hydroxylation is 1. The number of nitrogens with zero attached hydrogens (tertiary/aromatic N) is 4. The van der Waals surface area contributed by atoms with Gasteiger partial charge in [-0.2, -0.15) is 0 Å². The molecule has 5 nitrogen and oxygen atoms in total. The van der Waals surface area contributed by atoms with Gasteiger partial charge in [0, 0.05) is 39.3 Å². The molecule has 0 radical (unpaired) electrons. The number of piperidine rings is 1. The van der Waals surface area contributed by atoms with Gasteiger partial charge in [0.05, 0.1) is 12.0 Å². The molecule has 0 aliphatic carbocycles. The van der Waals surface area contributed by atoms with Crippen LogP contribution in [0.2, 0.25) is 0 Å². The summed E-state index contributed by atoms with van der Waals surface area (Å²) in [5, 5.41) is 0. The summed E-state index contributed by atoms with van der Waals surface area (Å²) in [4.78, 5) is 20.6. The third-order valence-electron chi connectivity index (χ3n) is 5.01. The van der Waals surface area contributed by atoms with E-state index in [2.05, 4.69) is 21.4 Å². The van der Waals surface area contributed by atoms with Gasteiger partial charge in [0.2, 0.25) is 5.91 Å². The van der Waals surface area contributed by atoms with Gasteiger partial charge in [0.25, 0.3) is 0 Å². The zero-order valence-corrected chi connectivity index (χ0v) is 12.5. The lowest BCUT2D eigenvalue weighted by atomic mass is 9.77. The Balaban J connectivity index is 1.57. The lowest BCUT2D eigenvalue weighted by Crippen LogP contribution is -2.41. The quantitative estimate of drug-likeness (QED) is 0.834. The van der Waals surface area contributed by atoms with Crippen molar-refractivity contribution in [1.29, 1.82) is 0 Å². The summed E-state index contributed by atoms with van der Waals surface area (Å²) in [5.74, 6) is 0.354. The molecular formula is C15H24N4O. The Hall–Kier alpha value is -1.36. The number of hydrogen-bond donors (Lipinski definition) is 0. The number of likely N-dealkylation sites (tertiary alicyclic amines) is 2. The van der Waals surface area contributed by atoms with Crippen LogP contribution in [-0.2, 0) is 18.4 Å². The van der Waals surface area contributed by atoms with E-state index in [0.717, 1.165) is 52.0 Å². The number of hydrogen-bond acceptors (Lipinski definition) is 3. The maximum Gasteiger partial charge on any atom is 0.223 e. The van der Waals surface area contributed by atoms with E-state index in [4.69, 9.17) is 0 Å². The molecule has 1 amide bonds. The van der Waals surface area contributed by atoms with E-state index in [9.17, 15) is 4.79 Å². The van der Waals surface area contributed by atoms with Gasteiger partial charge in [0.15, 0.2) is 0 Å². The van der Waals surface area contributed by atoms with Crippen molar-refractivity contribution in [2.45, 2.75) is 32.7 Å². The SMILES string of the molecule is CCN1CC2(CCN(Cc3cncn3C)CC2)CC1=O. The molecule has 2 saturated heterocycles. The summed E-state index contributed by atoms with van der Waals surface area (Å²) in [6, 6.07) is 0. The van der Waals surface area contributed by atoms with Gasteiger partial charge in [-0.25, -0.2) is 4.98 Å². The first kappa shape index (κ1) is 13.6. The minimum absolute atomic E-state index is 0.260. The molecule has 2 fully saturated rings. The number of rotatable bonds is 3. The highest BCUT2D eigenvalue weighted by molar-refractivity contribution is 5.79. The van der Waals surface area contributed by atoms with Crippen LogP contribution >= 0.6 is 0 Å². The van der Waals surface area contributed by atoms with Gasteiger partial charge in [-0.15, -0.1) is 0 Å². The molecule has 1 spiro atoms. The van der Waals surface area contributed by atoms with E-state index in [1.807, 2.05) is 24.5 Å². The summed E-state index contributed by atoms with van der Waals surface area (Å²) in [5.41, 5.74) is 1.52. The fourth-order valence-corrected chi connectivity index (χ4v) is 3.56. The van der Waals surface area contributed by atoms with Gasteiger partial charge in [0.1, 0.15) is 0 Å². The van der Waals surface area contributed by atoms with Crippen LogP contribution in [0.15, 0.2) is 12.5 Å². The molecule has 0 atom stereocenters. The highest BCUT2D eigenvalue weighted by atomic mass is 16.2. The minimum Gasteiger partial charge on any atom is -0.342 e. The van der Waals surface area contributed by atoms with Crippen molar-refractivity contribution < 1.29 is 4.79 Å². The standard InChI is InChI=1S/C15H24N4O/c1-3-19-11-15(8-14(19)20)4-6-18(7-5-15)10-13-9-16-12-17(13)2/h9,12H,3-8,10-11H2,1-2H3. The van der Waals surface area contributed by atoms with Crippen LogP contribution in [-0.4, -0.2) is 51.4 Å². The molecule has 0 saturated carbocycles. The lowest BCUT2D eigenvalue weighted by molar-refractivity contribution is -0.127. The fraction of sp³-hybridized carbons (Fsp3) is 0.733. The fourth-order valence-electron chi connectivity index (χ4n) is 3.56. The molecule has 3 rings (SSSR count). The van der Waals surface area contributed by atoms with Crippen LogP contribution in [0.4, 0.5) is 0 Å². The van der Waals surface area contributed by atoms with Gasteiger partial charge in [-0.1, -0.05) is 0 Å². The van der Waals surface area contributed by atoms with Crippen molar-refractivity contribution in [2.24, 2.45) is 12.5 Å².